The number of aliphatic imine (C=N–C) groups is 1. The van der Waals surface area contributed by atoms with Crippen LogP contribution in [-0.4, -0.2) is 44.7 Å². The third-order valence-corrected chi connectivity index (χ3v) is 4.67. The van der Waals surface area contributed by atoms with E-state index in [0.717, 1.165) is 30.0 Å². The van der Waals surface area contributed by atoms with Crippen molar-refractivity contribution < 1.29 is 14.3 Å². The molecule has 2 aromatic carbocycles. The van der Waals surface area contributed by atoms with Crippen molar-refractivity contribution in [3.05, 3.63) is 59.7 Å². The van der Waals surface area contributed by atoms with Crippen molar-refractivity contribution in [1.82, 2.24) is 16.0 Å². The Morgan fingerprint density at radius 2 is 1.78 bits per heavy atom. The molecule has 2 aromatic rings. The van der Waals surface area contributed by atoms with Crippen LogP contribution in [0, 0.1) is 0 Å². The smallest absolute Gasteiger partial charge is 0.251 e. The number of nitrogens with zero attached hydrogens (tertiary/aromatic N) is 1. The van der Waals surface area contributed by atoms with Gasteiger partial charge in [-0.15, -0.1) is 24.0 Å². The van der Waals surface area contributed by atoms with Gasteiger partial charge in [0.1, 0.15) is 18.1 Å². The molecule has 0 aliphatic carbocycles. The van der Waals surface area contributed by atoms with Gasteiger partial charge in [0.15, 0.2) is 5.96 Å². The van der Waals surface area contributed by atoms with Crippen molar-refractivity contribution in [3.63, 3.8) is 0 Å². The minimum Gasteiger partial charge on any atom is -0.497 e. The summed E-state index contributed by atoms with van der Waals surface area (Å²) in [5, 5.41) is 9.48. The average Bonchev–Trinajstić information content (AvgIpc) is 2.80. The van der Waals surface area contributed by atoms with Crippen LogP contribution in [0.25, 0.3) is 0 Å². The Labute approximate surface area is 208 Å². The Balaban J connectivity index is 0.00000512. The van der Waals surface area contributed by atoms with Crippen LogP contribution in [0.5, 0.6) is 11.5 Å². The molecule has 0 aliphatic rings. The molecule has 0 aliphatic heterocycles. The highest BCUT2D eigenvalue weighted by molar-refractivity contribution is 14.0. The van der Waals surface area contributed by atoms with Gasteiger partial charge in [0.25, 0.3) is 5.91 Å². The van der Waals surface area contributed by atoms with Crippen LogP contribution in [0.1, 0.15) is 43.1 Å². The predicted octanol–water partition coefficient (Wildman–Crippen LogP) is 3.98. The number of hydrogen-bond acceptors (Lipinski definition) is 4. The second-order valence-electron chi connectivity index (χ2n) is 7.13. The zero-order valence-electron chi connectivity index (χ0n) is 19.3. The summed E-state index contributed by atoms with van der Waals surface area (Å²) in [5.74, 6) is 2.24. The van der Waals surface area contributed by atoms with Crippen molar-refractivity contribution in [1.29, 1.82) is 0 Å². The number of nitrogens with one attached hydrogen (secondary N) is 3. The number of carbonyl (C=O) groups is 1. The lowest BCUT2D eigenvalue weighted by molar-refractivity contribution is 0.0939. The van der Waals surface area contributed by atoms with Crippen molar-refractivity contribution in [2.45, 2.75) is 39.8 Å². The first kappa shape index (κ1) is 27.5. The largest absolute Gasteiger partial charge is 0.497 e. The Kier molecular flexibility index (Phi) is 13.2. The van der Waals surface area contributed by atoms with Gasteiger partial charge >= 0.3 is 0 Å². The summed E-state index contributed by atoms with van der Waals surface area (Å²) in [5.41, 5.74) is 1.63. The first-order chi connectivity index (χ1) is 15.0. The summed E-state index contributed by atoms with van der Waals surface area (Å²) in [6, 6.07) is 15.2. The Bertz CT molecular complexity index is 843. The number of halogens is 1. The molecule has 0 spiro atoms. The van der Waals surface area contributed by atoms with E-state index >= 15 is 0 Å². The molecule has 7 nitrogen and oxygen atoms in total. The molecule has 3 N–H and O–H groups in total. The van der Waals surface area contributed by atoms with E-state index in [1.165, 1.54) is 0 Å². The number of benzene rings is 2. The van der Waals surface area contributed by atoms with Crippen LogP contribution in [0.2, 0.25) is 0 Å². The molecule has 0 aromatic heterocycles. The zero-order chi connectivity index (χ0) is 22.5. The third-order valence-electron chi connectivity index (χ3n) is 4.67. The van der Waals surface area contributed by atoms with Crippen LogP contribution in [0.15, 0.2) is 53.5 Å². The van der Waals surface area contributed by atoms with E-state index in [1.807, 2.05) is 69.3 Å². The van der Waals surface area contributed by atoms with Gasteiger partial charge in [-0.2, -0.15) is 0 Å². The van der Waals surface area contributed by atoms with Gasteiger partial charge in [-0.1, -0.05) is 19.1 Å². The number of rotatable bonds is 11. The van der Waals surface area contributed by atoms with Crippen molar-refractivity contribution in [2.75, 3.05) is 26.8 Å². The molecule has 1 atom stereocenters. The Morgan fingerprint density at radius 1 is 1.06 bits per heavy atom. The molecule has 8 heteroatoms. The number of ether oxygens (including phenoxy) is 2. The first-order valence-corrected chi connectivity index (χ1v) is 10.7. The van der Waals surface area contributed by atoms with E-state index in [4.69, 9.17) is 9.47 Å². The van der Waals surface area contributed by atoms with Gasteiger partial charge in [0, 0.05) is 18.2 Å². The van der Waals surface area contributed by atoms with E-state index in [0.29, 0.717) is 31.2 Å². The Hall–Kier alpha value is -2.49. The van der Waals surface area contributed by atoms with Crippen molar-refractivity contribution >= 4 is 35.8 Å². The normalized spacial score (nSPS) is 11.7. The molecular formula is C24H35IN4O3. The SMILES string of the molecule is CCNC(=NCc1cccc(C(=O)NC(C)CC)c1)NCCOc1ccc(OC)cc1.I. The molecule has 0 heterocycles. The second-order valence-corrected chi connectivity index (χ2v) is 7.13. The molecule has 176 valence electrons. The lowest BCUT2D eigenvalue weighted by Crippen LogP contribution is -2.39. The van der Waals surface area contributed by atoms with E-state index in [2.05, 4.69) is 20.9 Å². The average molecular weight is 554 g/mol. The topological polar surface area (TPSA) is 84.0 Å². The summed E-state index contributed by atoms with van der Waals surface area (Å²) < 4.78 is 10.9. The second kappa shape index (κ2) is 15.3. The fraction of sp³-hybridized carbons (Fsp3) is 0.417. The zero-order valence-corrected chi connectivity index (χ0v) is 21.6. The van der Waals surface area contributed by atoms with Gasteiger partial charge in [0.05, 0.1) is 20.2 Å². The molecule has 32 heavy (non-hydrogen) atoms. The summed E-state index contributed by atoms with van der Waals surface area (Å²) in [4.78, 5) is 17.0. The third kappa shape index (κ3) is 9.76. The highest BCUT2D eigenvalue weighted by Gasteiger charge is 2.09. The molecule has 0 saturated carbocycles. The summed E-state index contributed by atoms with van der Waals surface area (Å²) >= 11 is 0. The van der Waals surface area contributed by atoms with Crippen LogP contribution in [0.4, 0.5) is 0 Å². The summed E-state index contributed by atoms with van der Waals surface area (Å²) in [7, 11) is 1.64. The molecular weight excluding hydrogens is 519 g/mol. The fourth-order valence-corrected chi connectivity index (χ4v) is 2.74. The lowest BCUT2D eigenvalue weighted by atomic mass is 10.1. The quantitative estimate of drug-likeness (QED) is 0.170. The van der Waals surface area contributed by atoms with Crippen LogP contribution >= 0.6 is 24.0 Å². The minimum absolute atomic E-state index is 0. The molecule has 0 fully saturated rings. The van der Waals surface area contributed by atoms with E-state index in [9.17, 15) is 4.79 Å². The Morgan fingerprint density at radius 3 is 2.44 bits per heavy atom. The lowest BCUT2D eigenvalue weighted by Gasteiger charge is -2.13. The van der Waals surface area contributed by atoms with E-state index in [-0.39, 0.29) is 35.9 Å². The number of amides is 1. The van der Waals surface area contributed by atoms with Gasteiger partial charge in [-0.05, 0) is 62.2 Å². The molecule has 1 unspecified atom stereocenters. The van der Waals surface area contributed by atoms with Crippen LogP contribution in [-0.2, 0) is 6.54 Å². The monoisotopic (exact) mass is 554 g/mol. The summed E-state index contributed by atoms with van der Waals surface area (Å²) in [6.07, 6.45) is 0.898. The molecule has 0 saturated heterocycles. The molecule has 0 bridgehead atoms. The molecule has 0 radical (unpaired) electrons. The molecule has 1 amide bonds. The highest BCUT2D eigenvalue weighted by atomic mass is 127. The standard InChI is InChI=1S/C24H34N4O3.HI/c1-5-18(3)28-23(29)20-9-7-8-19(16-20)17-27-24(25-6-2)26-14-15-31-22-12-10-21(30-4)11-13-22;/h7-13,16,18H,5-6,14-15,17H2,1-4H3,(H,28,29)(H2,25,26,27);1H. The number of carbonyl (C=O) groups excluding carboxylic acids is 1. The van der Waals surface area contributed by atoms with Gasteiger partial charge in [-0.25, -0.2) is 4.99 Å². The maximum atomic E-state index is 12.3. The van der Waals surface area contributed by atoms with Gasteiger partial charge < -0.3 is 25.4 Å². The predicted molar refractivity (Wildman–Crippen MR) is 140 cm³/mol. The van der Waals surface area contributed by atoms with Gasteiger partial charge in [0.2, 0.25) is 0 Å². The number of methoxy groups -OCH3 is 1. The van der Waals surface area contributed by atoms with Crippen molar-refractivity contribution in [3.8, 4) is 11.5 Å². The maximum Gasteiger partial charge on any atom is 0.251 e. The highest BCUT2D eigenvalue weighted by Crippen LogP contribution is 2.16. The maximum absolute atomic E-state index is 12.3. The number of guanidine groups is 1. The van der Waals surface area contributed by atoms with E-state index in [1.54, 1.807) is 7.11 Å². The fourth-order valence-electron chi connectivity index (χ4n) is 2.74. The van der Waals surface area contributed by atoms with E-state index < -0.39 is 0 Å². The van der Waals surface area contributed by atoms with Crippen molar-refractivity contribution in [2.24, 2.45) is 4.99 Å². The number of hydrogen-bond donors (Lipinski definition) is 3. The first-order valence-electron chi connectivity index (χ1n) is 10.7. The van der Waals surface area contributed by atoms with Crippen LogP contribution < -0.4 is 25.4 Å². The van der Waals surface area contributed by atoms with Gasteiger partial charge in [-0.3, -0.25) is 4.79 Å². The molecule has 2 rings (SSSR count). The minimum atomic E-state index is -0.0547. The van der Waals surface area contributed by atoms with Crippen LogP contribution in [0.3, 0.4) is 0 Å². The summed E-state index contributed by atoms with van der Waals surface area (Å²) in [6.45, 7) is 8.40.